The van der Waals surface area contributed by atoms with Gasteiger partial charge in [-0.05, 0) is 41.0 Å². The Morgan fingerprint density at radius 1 is 0.711 bits per heavy atom. The number of aryl methyl sites for hydroxylation is 2. The second kappa shape index (κ2) is 10.2. The predicted octanol–water partition coefficient (Wildman–Crippen LogP) is 3.02. The largest absolute Gasteiger partial charge is 0.544 e. The molecule has 38 heavy (non-hydrogen) atoms. The highest BCUT2D eigenvalue weighted by Crippen LogP contribution is 2.30. The number of H-pyrrole nitrogens is 2. The van der Waals surface area contributed by atoms with Gasteiger partial charge < -0.3 is 0 Å². The van der Waals surface area contributed by atoms with Crippen LogP contribution < -0.4 is 9.19 Å². The van der Waals surface area contributed by atoms with Gasteiger partial charge in [-0.1, -0.05) is 78.9 Å². The topological polar surface area (TPSA) is 51.7 Å². The van der Waals surface area contributed by atoms with Crippen LogP contribution in [-0.4, -0.2) is 40.2 Å². The van der Waals surface area contributed by atoms with Crippen LogP contribution in [0.25, 0.3) is 32.9 Å². The van der Waals surface area contributed by atoms with Crippen molar-refractivity contribution in [2.75, 3.05) is 0 Å². The number of aromatic amines is 2. The van der Waals surface area contributed by atoms with E-state index >= 15 is 0 Å². The Labute approximate surface area is 225 Å². The van der Waals surface area contributed by atoms with Crippen molar-refractivity contribution in [3.8, 4) is 11.3 Å². The molecule has 1 atom stereocenters. The summed E-state index contributed by atoms with van der Waals surface area (Å²) in [6.45, 7) is 0. The first-order valence-corrected chi connectivity index (χ1v) is 12.8. The lowest BCUT2D eigenvalue weighted by molar-refractivity contribution is -0.585. The fourth-order valence-corrected chi connectivity index (χ4v) is 5.22. The van der Waals surface area contributed by atoms with E-state index in [1.807, 2.05) is 24.5 Å². The molecule has 0 saturated carbocycles. The number of aliphatic imine (C=N–C) groups is 1. The SMILES string of the molecule is [BH]C1N=Cc2ccccc21.[BH][n+]1cc2c([nH]1)-c1ccccc1CC2.[BH][n+]1cc2ccc3ccccc3c2[nH]1. The highest BCUT2D eigenvalue weighted by molar-refractivity contribution is 6.15. The fraction of sp³-hybridized carbons (Fsp3) is 0.100. The Balaban J connectivity index is 0.000000106. The third kappa shape index (κ3) is 4.70. The molecular weight excluding hydrogens is 463 g/mol. The molecule has 6 aromatic rings. The van der Waals surface area contributed by atoms with Gasteiger partial charge in [0, 0.05) is 28.7 Å². The highest BCUT2D eigenvalue weighted by atomic mass is 15.2. The molecular formula is C30H27B3N5+2. The maximum Gasteiger partial charge on any atom is 0.544 e. The summed E-state index contributed by atoms with van der Waals surface area (Å²) in [5.41, 5.74) is 8.97. The average Bonchev–Trinajstić information content (AvgIpc) is 3.65. The highest BCUT2D eigenvalue weighted by Gasteiger charge is 2.20. The molecule has 2 N–H and O–H groups in total. The lowest BCUT2D eigenvalue weighted by Gasteiger charge is -2.12. The smallest absolute Gasteiger partial charge is 0.294 e. The molecule has 5 nitrogen and oxygen atoms in total. The van der Waals surface area contributed by atoms with Crippen LogP contribution in [0.4, 0.5) is 0 Å². The van der Waals surface area contributed by atoms with Gasteiger partial charge in [0.25, 0.3) is 0 Å². The molecule has 0 amide bonds. The molecule has 3 heterocycles. The van der Waals surface area contributed by atoms with Crippen molar-refractivity contribution < 1.29 is 9.19 Å². The quantitative estimate of drug-likeness (QED) is 0.308. The molecule has 0 bridgehead atoms. The van der Waals surface area contributed by atoms with Gasteiger partial charge >= 0.3 is 16.0 Å². The first-order chi connectivity index (χ1) is 18.6. The molecule has 2 aromatic heterocycles. The Morgan fingerprint density at radius 3 is 2.32 bits per heavy atom. The predicted molar refractivity (Wildman–Crippen MR) is 159 cm³/mol. The number of rotatable bonds is 0. The van der Waals surface area contributed by atoms with Crippen molar-refractivity contribution in [1.82, 2.24) is 10.2 Å². The number of hydrogen-bond donors (Lipinski definition) is 2. The van der Waals surface area contributed by atoms with Gasteiger partial charge in [0.2, 0.25) is 0 Å². The van der Waals surface area contributed by atoms with E-state index in [4.69, 9.17) is 0 Å². The number of nitrogens with one attached hydrogen (secondary N) is 2. The average molecular weight is 490 g/mol. The fourth-order valence-electron chi connectivity index (χ4n) is 5.22. The number of benzene rings is 4. The van der Waals surface area contributed by atoms with E-state index in [2.05, 4.69) is 118 Å². The van der Waals surface area contributed by atoms with E-state index in [1.165, 1.54) is 49.7 Å². The zero-order chi connectivity index (χ0) is 26.1. The van der Waals surface area contributed by atoms with E-state index in [1.54, 1.807) is 9.19 Å². The van der Waals surface area contributed by atoms with Crippen LogP contribution in [0.2, 0.25) is 0 Å². The van der Waals surface area contributed by atoms with Crippen molar-refractivity contribution in [2.45, 2.75) is 18.8 Å². The molecule has 0 spiro atoms. The molecule has 1 aliphatic heterocycles. The minimum atomic E-state index is 0.121. The molecule has 3 radical (unpaired) electrons. The summed E-state index contributed by atoms with van der Waals surface area (Å²) in [6.07, 6.45) is 8.20. The van der Waals surface area contributed by atoms with Gasteiger partial charge in [-0.25, -0.2) is 9.19 Å². The van der Waals surface area contributed by atoms with E-state index in [0.717, 1.165) is 18.4 Å². The molecule has 0 saturated heterocycles. The Bertz CT molecular complexity index is 1790. The first-order valence-electron chi connectivity index (χ1n) is 12.8. The monoisotopic (exact) mass is 490 g/mol. The maximum atomic E-state index is 4.17. The lowest BCUT2D eigenvalue weighted by Crippen LogP contribution is -2.31. The van der Waals surface area contributed by atoms with E-state index in [-0.39, 0.29) is 5.94 Å². The Morgan fingerprint density at radius 2 is 1.42 bits per heavy atom. The Kier molecular flexibility index (Phi) is 6.46. The van der Waals surface area contributed by atoms with E-state index < -0.39 is 0 Å². The van der Waals surface area contributed by atoms with Gasteiger partial charge in [-0.3, -0.25) is 4.99 Å². The molecule has 4 aromatic carbocycles. The summed E-state index contributed by atoms with van der Waals surface area (Å²) in [5, 5.41) is 10.2. The summed E-state index contributed by atoms with van der Waals surface area (Å²) in [6, 6.07) is 29.3. The summed E-state index contributed by atoms with van der Waals surface area (Å²) < 4.78 is 3.52. The third-order valence-electron chi connectivity index (χ3n) is 7.10. The zero-order valence-electron chi connectivity index (χ0n) is 21.3. The van der Waals surface area contributed by atoms with Gasteiger partial charge in [0.15, 0.2) is 12.4 Å². The van der Waals surface area contributed by atoms with Crippen molar-refractivity contribution in [1.29, 1.82) is 0 Å². The molecule has 1 unspecified atom stereocenters. The molecule has 2 aliphatic rings. The van der Waals surface area contributed by atoms with Crippen LogP contribution in [0.3, 0.4) is 0 Å². The summed E-state index contributed by atoms with van der Waals surface area (Å²) in [5.74, 6) is 0.121. The number of fused-ring (bicyclic) bond motifs is 7. The zero-order valence-corrected chi connectivity index (χ0v) is 21.3. The molecule has 8 rings (SSSR count). The lowest BCUT2D eigenvalue weighted by atomic mass is 9.89. The van der Waals surface area contributed by atoms with Crippen molar-refractivity contribution in [3.63, 3.8) is 0 Å². The van der Waals surface area contributed by atoms with Gasteiger partial charge in [-0.2, -0.15) is 10.2 Å². The van der Waals surface area contributed by atoms with Crippen LogP contribution in [-0.2, 0) is 12.8 Å². The van der Waals surface area contributed by atoms with Crippen LogP contribution in [0.5, 0.6) is 0 Å². The van der Waals surface area contributed by atoms with Crippen molar-refractivity contribution >= 4 is 51.7 Å². The van der Waals surface area contributed by atoms with Crippen LogP contribution in [0.15, 0.2) is 102 Å². The molecule has 1 aliphatic carbocycles. The Hall–Kier alpha value is -4.32. The van der Waals surface area contributed by atoms with Gasteiger partial charge in [0.1, 0.15) is 19.1 Å². The van der Waals surface area contributed by atoms with Crippen molar-refractivity contribution in [3.05, 3.63) is 120 Å². The maximum absolute atomic E-state index is 4.17. The van der Waals surface area contributed by atoms with Crippen LogP contribution in [0.1, 0.15) is 28.2 Å². The summed E-state index contributed by atoms with van der Waals surface area (Å²) >= 11 is 0. The summed E-state index contributed by atoms with van der Waals surface area (Å²) in [4.78, 5) is 4.17. The molecule has 179 valence electrons. The number of nitrogens with zero attached hydrogens (tertiary/aromatic N) is 3. The summed E-state index contributed by atoms with van der Waals surface area (Å²) in [7, 11) is 11.6. The normalized spacial score (nSPS) is 14.6. The molecule has 0 fully saturated rings. The second-order valence-corrected chi connectivity index (χ2v) is 9.65. The van der Waals surface area contributed by atoms with E-state index in [9.17, 15) is 0 Å². The van der Waals surface area contributed by atoms with Gasteiger partial charge in [0.05, 0.1) is 5.39 Å². The van der Waals surface area contributed by atoms with Crippen LogP contribution >= 0.6 is 0 Å². The van der Waals surface area contributed by atoms with Crippen molar-refractivity contribution in [2.24, 2.45) is 4.99 Å². The number of aromatic nitrogens is 4. The second-order valence-electron chi connectivity index (χ2n) is 9.65. The van der Waals surface area contributed by atoms with E-state index in [0.29, 0.717) is 0 Å². The van der Waals surface area contributed by atoms with Crippen LogP contribution in [0, 0.1) is 0 Å². The number of hydrogen-bond acceptors (Lipinski definition) is 1. The molecule has 8 heteroatoms. The minimum absolute atomic E-state index is 0.121. The minimum Gasteiger partial charge on any atom is -0.294 e. The van der Waals surface area contributed by atoms with Gasteiger partial charge in [-0.15, -0.1) is 0 Å². The third-order valence-corrected chi connectivity index (χ3v) is 7.10. The first kappa shape index (κ1) is 24.0. The standard InChI is InChI=1S/C11H11BN2.C11H9BN2.C8H7BN/c2*12-14-7-9-6-5-8-3-1-2-4-10(8)11(9)13-14;9-8-7-4-2-1-3-6(7)5-10-8/h1-4,7,12-13H,5-6H2;1-7,12-13H;1-5,8-9H/q2*+1;.